The number of carbonyl (C=O) groups is 1. The van der Waals surface area contributed by atoms with Crippen molar-refractivity contribution in [2.75, 3.05) is 19.8 Å². The third kappa shape index (κ3) is 6.03. The van der Waals surface area contributed by atoms with E-state index in [0.29, 0.717) is 24.6 Å². The molecule has 0 unspecified atom stereocenters. The Morgan fingerprint density at radius 3 is 2.52 bits per heavy atom. The number of benzene rings is 2. The minimum Gasteiger partial charge on any atom is -0.465 e. The highest BCUT2D eigenvalue weighted by atomic mass is 35.5. The fraction of sp³-hybridized carbons (Fsp3) is 0.435. The van der Waals surface area contributed by atoms with Crippen molar-refractivity contribution in [2.45, 2.75) is 32.9 Å². The van der Waals surface area contributed by atoms with Crippen LogP contribution < -0.4 is 0 Å². The Bertz CT molecular complexity index is 794. The minimum absolute atomic E-state index is 0.0370. The van der Waals surface area contributed by atoms with Crippen LogP contribution in [-0.4, -0.2) is 35.9 Å². The summed E-state index contributed by atoms with van der Waals surface area (Å²) in [7, 11) is 0. The first-order valence-electron chi connectivity index (χ1n) is 9.84. The number of hydrogen-bond donors (Lipinski definition) is 1. The van der Waals surface area contributed by atoms with Crippen LogP contribution in [0.5, 0.6) is 0 Å². The number of rotatable bonds is 8. The molecular formula is C23H28ClNO4. The van der Waals surface area contributed by atoms with Crippen molar-refractivity contribution < 1.29 is 19.5 Å². The molecule has 1 heterocycles. The van der Waals surface area contributed by atoms with Gasteiger partial charge in [-0.05, 0) is 29.7 Å². The third-order valence-corrected chi connectivity index (χ3v) is 5.37. The molecule has 1 fully saturated rings. The molecule has 2 aromatic carbocycles. The molecule has 156 valence electrons. The standard InChI is InChI=1S/C23H28ClNO4/c1-23(2,15-26)16-28-22(27)19-12-21(18-8-10-20(24)11-9-18)25(13-19)29-14-17-6-4-3-5-7-17/h3-11,19,21,26H,12-16H2,1-2H3/t19-,21+/m0/s1. The molecule has 1 saturated heterocycles. The number of aliphatic hydroxyl groups excluding tert-OH is 1. The zero-order chi connectivity index (χ0) is 20.9. The highest BCUT2D eigenvalue weighted by Gasteiger charge is 2.39. The maximum Gasteiger partial charge on any atom is 0.310 e. The number of aliphatic hydroxyl groups is 1. The molecule has 1 aliphatic rings. The Hall–Kier alpha value is -1.92. The second-order valence-electron chi connectivity index (χ2n) is 8.29. The Kier molecular flexibility index (Phi) is 7.30. The second-order valence-corrected chi connectivity index (χ2v) is 8.73. The van der Waals surface area contributed by atoms with E-state index in [1.165, 1.54) is 0 Å². The average molecular weight is 418 g/mol. The van der Waals surface area contributed by atoms with Crippen molar-refractivity contribution in [1.29, 1.82) is 0 Å². The monoisotopic (exact) mass is 417 g/mol. The third-order valence-electron chi connectivity index (χ3n) is 5.12. The lowest BCUT2D eigenvalue weighted by Crippen LogP contribution is -2.30. The zero-order valence-electron chi connectivity index (χ0n) is 16.9. The summed E-state index contributed by atoms with van der Waals surface area (Å²) in [6, 6.07) is 17.5. The number of esters is 1. The van der Waals surface area contributed by atoms with Crippen LogP contribution in [0.3, 0.4) is 0 Å². The van der Waals surface area contributed by atoms with Crippen LogP contribution in [0.25, 0.3) is 0 Å². The van der Waals surface area contributed by atoms with Gasteiger partial charge in [-0.25, -0.2) is 0 Å². The van der Waals surface area contributed by atoms with Crippen LogP contribution in [0.1, 0.15) is 37.4 Å². The van der Waals surface area contributed by atoms with E-state index in [9.17, 15) is 9.90 Å². The van der Waals surface area contributed by atoms with Crippen LogP contribution >= 0.6 is 11.6 Å². The Labute approximate surface area is 177 Å². The van der Waals surface area contributed by atoms with Crippen molar-refractivity contribution in [2.24, 2.45) is 11.3 Å². The van der Waals surface area contributed by atoms with Crippen molar-refractivity contribution >= 4 is 17.6 Å². The number of hydrogen-bond acceptors (Lipinski definition) is 5. The van der Waals surface area contributed by atoms with Crippen LogP contribution in [0, 0.1) is 11.3 Å². The zero-order valence-corrected chi connectivity index (χ0v) is 17.6. The summed E-state index contributed by atoms with van der Waals surface area (Å²) in [6.45, 7) is 4.77. The lowest BCUT2D eigenvalue weighted by molar-refractivity contribution is -0.184. The first kappa shape index (κ1) is 21.8. The van der Waals surface area contributed by atoms with Gasteiger partial charge in [-0.1, -0.05) is 67.9 Å². The van der Waals surface area contributed by atoms with Crippen molar-refractivity contribution in [3.8, 4) is 0 Å². The average Bonchev–Trinajstić information content (AvgIpc) is 3.16. The van der Waals surface area contributed by atoms with Crippen LogP contribution in [0.2, 0.25) is 5.02 Å². The van der Waals surface area contributed by atoms with Gasteiger partial charge in [-0.3, -0.25) is 9.63 Å². The molecule has 0 bridgehead atoms. The normalized spacial score (nSPS) is 20.0. The summed E-state index contributed by atoms with van der Waals surface area (Å²) >= 11 is 6.03. The summed E-state index contributed by atoms with van der Waals surface area (Å²) in [4.78, 5) is 18.7. The molecule has 5 nitrogen and oxygen atoms in total. The van der Waals surface area contributed by atoms with Gasteiger partial charge in [0, 0.05) is 17.0 Å². The molecule has 6 heteroatoms. The van der Waals surface area contributed by atoms with Crippen molar-refractivity contribution in [1.82, 2.24) is 5.06 Å². The summed E-state index contributed by atoms with van der Waals surface area (Å²) in [5.74, 6) is -0.544. The molecule has 0 aliphatic carbocycles. The van der Waals surface area contributed by atoms with Gasteiger partial charge in [0.25, 0.3) is 0 Å². The summed E-state index contributed by atoms with van der Waals surface area (Å²) in [5, 5.41) is 11.9. The van der Waals surface area contributed by atoms with Gasteiger partial charge in [0.05, 0.1) is 31.8 Å². The summed E-state index contributed by atoms with van der Waals surface area (Å²) < 4.78 is 5.49. The van der Waals surface area contributed by atoms with E-state index in [1.807, 2.05) is 73.5 Å². The van der Waals surface area contributed by atoms with Gasteiger partial charge >= 0.3 is 5.97 Å². The number of ether oxygens (including phenoxy) is 1. The molecule has 3 rings (SSSR count). The molecule has 0 saturated carbocycles. The Morgan fingerprint density at radius 2 is 1.86 bits per heavy atom. The van der Waals surface area contributed by atoms with Gasteiger partial charge < -0.3 is 9.84 Å². The van der Waals surface area contributed by atoms with Gasteiger partial charge in [-0.2, -0.15) is 5.06 Å². The Balaban J connectivity index is 1.69. The summed E-state index contributed by atoms with van der Waals surface area (Å²) in [5.41, 5.74) is 1.67. The van der Waals surface area contributed by atoms with E-state index in [4.69, 9.17) is 21.2 Å². The molecule has 0 spiro atoms. The lowest BCUT2D eigenvalue weighted by atomic mass is 9.96. The maximum absolute atomic E-state index is 12.7. The fourth-order valence-corrected chi connectivity index (χ4v) is 3.39. The smallest absolute Gasteiger partial charge is 0.310 e. The lowest BCUT2D eigenvalue weighted by Gasteiger charge is -2.24. The van der Waals surface area contributed by atoms with E-state index >= 15 is 0 Å². The van der Waals surface area contributed by atoms with Crippen molar-refractivity contribution in [3.05, 3.63) is 70.7 Å². The van der Waals surface area contributed by atoms with E-state index in [1.54, 1.807) is 0 Å². The van der Waals surface area contributed by atoms with Crippen LogP contribution in [0.4, 0.5) is 0 Å². The van der Waals surface area contributed by atoms with Crippen LogP contribution in [-0.2, 0) is 21.0 Å². The number of halogens is 1. The maximum atomic E-state index is 12.7. The Morgan fingerprint density at radius 1 is 1.17 bits per heavy atom. The fourth-order valence-electron chi connectivity index (χ4n) is 3.27. The van der Waals surface area contributed by atoms with Gasteiger partial charge in [0.15, 0.2) is 0 Å². The molecule has 29 heavy (non-hydrogen) atoms. The predicted molar refractivity (Wildman–Crippen MR) is 112 cm³/mol. The van der Waals surface area contributed by atoms with Crippen molar-refractivity contribution in [3.63, 3.8) is 0 Å². The number of nitrogens with zero attached hydrogens (tertiary/aromatic N) is 1. The van der Waals surface area contributed by atoms with Gasteiger partial charge in [0.2, 0.25) is 0 Å². The minimum atomic E-state index is -0.451. The summed E-state index contributed by atoms with van der Waals surface area (Å²) in [6.07, 6.45) is 0.606. The number of hydroxylamine groups is 2. The predicted octanol–water partition coefficient (Wildman–Crippen LogP) is 4.40. The molecule has 2 atom stereocenters. The molecule has 2 aromatic rings. The molecular weight excluding hydrogens is 390 g/mol. The van der Waals surface area contributed by atoms with E-state index in [2.05, 4.69) is 0 Å². The van der Waals surface area contributed by atoms with Gasteiger partial charge in [0.1, 0.15) is 0 Å². The van der Waals surface area contributed by atoms with E-state index in [-0.39, 0.29) is 31.1 Å². The molecule has 0 radical (unpaired) electrons. The highest BCUT2D eigenvalue weighted by molar-refractivity contribution is 6.30. The quantitative estimate of drug-likeness (QED) is 0.645. The second kappa shape index (κ2) is 9.72. The SMILES string of the molecule is CC(C)(CO)COC(=O)[C@H]1C[C@H](c2ccc(Cl)cc2)N(OCc2ccccc2)C1. The van der Waals surface area contributed by atoms with E-state index in [0.717, 1.165) is 11.1 Å². The molecule has 1 aliphatic heterocycles. The van der Waals surface area contributed by atoms with E-state index < -0.39 is 5.41 Å². The van der Waals surface area contributed by atoms with Crippen LogP contribution in [0.15, 0.2) is 54.6 Å². The first-order valence-corrected chi connectivity index (χ1v) is 10.2. The first-order chi connectivity index (χ1) is 13.9. The topological polar surface area (TPSA) is 59.0 Å². The number of carbonyl (C=O) groups excluding carboxylic acids is 1. The highest BCUT2D eigenvalue weighted by Crippen LogP contribution is 2.37. The molecule has 1 N–H and O–H groups in total. The largest absolute Gasteiger partial charge is 0.465 e. The molecule has 0 amide bonds. The van der Waals surface area contributed by atoms with Gasteiger partial charge in [-0.15, -0.1) is 0 Å². The molecule has 0 aromatic heterocycles.